The van der Waals surface area contributed by atoms with E-state index >= 15 is 0 Å². The van der Waals surface area contributed by atoms with E-state index in [-0.39, 0.29) is 5.56 Å². The van der Waals surface area contributed by atoms with E-state index in [0.29, 0.717) is 13.2 Å². The molecule has 0 fully saturated rings. The van der Waals surface area contributed by atoms with Gasteiger partial charge in [-0.3, -0.25) is 9.36 Å². The highest BCUT2D eigenvalue weighted by Gasteiger charge is 2.20. The van der Waals surface area contributed by atoms with E-state index in [1.807, 2.05) is 31.2 Å². The van der Waals surface area contributed by atoms with E-state index in [4.69, 9.17) is 4.74 Å². The molecule has 2 aromatic heterocycles. The van der Waals surface area contributed by atoms with Crippen LogP contribution in [0.3, 0.4) is 0 Å². The first-order valence-corrected chi connectivity index (χ1v) is 9.30. The first-order chi connectivity index (χ1) is 11.8. The molecule has 0 amide bonds. The van der Waals surface area contributed by atoms with Crippen LogP contribution in [0.5, 0.6) is 5.75 Å². The molecule has 0 unspecified atom stereocenters. The van der Waals surface area contributed by atoms with Crippen molar-refractivity contribution in [3.05, 3.63) is 57.0 Å². The van der Waals surface area contributed by atoms with Crippen LogP contribution < -0.4 is 10.3 Å². The standard InChI is InChI=1S/C19H20N2O2S/c1-2-23-15-9-5-3-7-13(15)11-21-12-20-18-17(19(21)22)14-8-4-6-10-16(14)24-18/h3,5,7,9,12H,2,4,6,8,10-11H2,1H3. The maximum absolute atomic E-state index is 13.0. The van der Waals surface area contributed by atoms with Gasteiger partial charge in [-0.25, -0.2) is 4.98 Å². The minimum absolute atomic E-state index is 0.0747. The van der Waals surface area contributed by atoms with Gasteiger partial charge in [0.25, 0.3) is 5.56 Å². The van der Waals surface area contributed by atoms with E-state index in [9.17, 15) is 4.79 Å². The van der Waals surface area contributed by atoms with Crippen LogP contribution in [0.4, 0.5) is 0 Å². The summed E-state index contributed by atoms with van der Waals surface area (Å²) in [4.78, 5) is 19.8. The number of aryl methyl sites for hydroxylation is 2. The van der Waals surface area contributed by atoms with Crippen molar-refractivity contribution in [1.82, 2.24) is 9.55 Å². The zero-order valence-corrected chi connectivity index (χ0v) is 14.6. The lowest BCUT2D eigenvalue weighted by molar-refractivity contribution is 0.335. The molecule has 1 aromatic carbocycles. The van der Waals surface area contributed by atoms with Crippen molar-refractivity contribution in [2.45, 2.75) is 39.2 Å². The second-order valence-electron chi connectivity index (χ2n) is 6.11. The van der Waals surface area contributed by atoms with Crippen molar-refractivity contribution in [2.75, 3.05) is 6.61 Å². The number of para-hydroxylation sites is 1. The Hall–Kier alpha value is -2.14. The van der Waals surface area contributed by atoms with Gasteiger partial charge in [-0.05, 0) is 44.2 Å². The lowest BCUT2D eigenvalue weighted by atomic mass is 9.97. The molecule has 0 bridgehead atoms. The summed E-state index contributed by atoms with van der Waals surface area (Å²) in [7, 11) is 0. The number of ether oxygens (including phenoxy) is 1. The molecule has 1 aliphatic carbocycles. The Morgan fingerprint density at radius 3 is 2.96 bits per heavy atom. The Kier molecular flexibility index (Phi) is 4.10. The smallest absolute Gasteiger partial charge is 0.262 e. The average molecular weight is 340 g/mol. The lowest BCUT2D eigenvalue weighted by Crippen LogP contribution is -2.22. The summed E-state index contributed by atoms with van der Waals surface area (Å²) >= 11 is 1.69. The van der Waals surface area contributed by atoms with Gasteiger partial charge in [0, 0.05) is 10.4 Å². The zero-order valence-electron chi connectivity index (χ0n) is 13.7. The highest BCUT2D eigenvalue weighted by atomic mass is 32.1. The Morgan fingerprint density at radius 2 is 2.08 bits per heavy atom. The number of hydrogen-bond acceptors (Lipinski definition) is 4. The van der Waals surface area contributed by atoms with Crippen LogP contribution in [0.25, 0.3) is 10.2 Å². The van der Waals surface area contributed by atoms with Crippen LogP contribution in [0.1, 0.15) is 35.8 Å². The predicted molar refractivity (Wildman–Crippen MR) is 97.2 cm³/mol. The summed E-state index contributed by atoms with van der Waals surface area (Å²) in [5.41, 5.74) is 2.32. The normalized spacial score (nSPS) is 13.9. The Labute approximate surface area is 144 Å². The number of fused-ring (bicyclic) bond motifs is 3. The fraction of sp³-hybridized carbons (Fsp3) is 0.368. The van der Waals surface area contributed by atoms with Crippen molar-refractivity contribution in [3.63, 3.8) is 0 Å². The molecule has 0 saturated heterocycles. The van der Waals surface area contributed by atoms with Crippen molar-refractivity contribution < 1.29 is 4.74 Å². The molecule has 0 saturated carbocycles. The molecule has 4 rings (SSSR count). The minimum atomic E-state index is 0.0747. The van der Waals surface area contributed by atoms with Crippen LogP contribution in [0.2, 0.25) is 0 Å². The maximum Gasteiger partial charge on any atom is 0.262 e. The first-order valence-electron chi connectivity index (χ1n) is 8.48. The van der Waals surface area contributed by atoms with Gasteiger partial charge in [0.15, 0.2) is 0 Å². The SMILES string of the molecule is CCOc1ccccc1Cn1cnc2sc3c(c2c1=O)CCCC3. The number of nitrogens with zero attached hydrogens (tertiary/aromatic N) is 2. The number of aromatic nitrogens is 2. The average Bonchev–Trinajstić information content (AvgIpc) is 2.98. The van der Waals surface area contributed by atoms with Gasteiger partial charge in [-0.1, -0.05) is 18.2 Å². The maximum atomic E-state index is 13.0. The first kappa shape index (κ1) is 15.4. The van der Waals surface area contributed by atoms with Gasteiger partial charge >= 0.3 is 0 Å². The molecule has 5 heteroatoms. The number of hydrogen-bond donors (Lipinski definition) is 0. The molecule has 0 N–H and O–H groups in total. The molecule has 24 heavy (non-hydrogen) atoms. The quantitative estimate of drug-likeness (QED) is 0.726. The van der Waals surface area contributed by atoms with Gasteiger partial charge in [0.1, 0.15) is 10.6 Å². The summed E-state index contributed by atoms with van der Waals surface area (Å²) in [6.07, 6.45) is 6.15. The number of rotatable bonds is 4. The molecular formula is C19H20N2O2S. The van der Waals surface area contributed by atoms with E-state index in [1.165, 1.54) is 23.3 Å². The molecule has 0 radical (unpaired) electrons. The van der Waals surface area contributed by atoms with Crippen LogP contribution in [-0.4, -0.2) is 16.2 Å². The number of thiophene rings is 1. The summed E-state index contributed by atoms with van der Waals surface area (Å²) in [6.45, 7) is 3.07. The summed E-state index contributed by atoms with van der Waals surface area (Å²) in [6, 6.07) is 7.88. The predicted octanol–water partition coefficient (Wildman–Crippen LogP) is 3.78. The van der Waals surface area contributed by atoms with E-state index in [1.54, 1.807) is 22.2 Å². The van der Waals surface area contributed by atoms with Crippen molar-refractivity contribution >= 4 is 21.6 Å². The van der Waals surface area contributed by atoms with Crippen LogP contribution in [-0.2, 0) is 19.4 Å². The highest BCUT2D eigenvalue weighted by Crippen LogP contribution is 2.33. The third-order valence-electron chi connectivity index (χ3n) is 4.55. The number of benzene rings is 1. The molecule has 0 spiro atoms. The fourth-order valence-corrected chi connectivity index (χ4v) is 4.63. The van der Waals surface area contributed by atoms with Crippen molar-refractivity contribution in [3.8, 4) is 5.75 Å². The zero-order chi connectivity index (χ0) is 16.5. The van der Waals surface area contributed by atoms with Gasteiger partial charge in [-0.15, -0.1) is 11.3 Å². The Morgan fingerprint density at radius 1 is 1.25 bits per heavy atom. The second kappa shape index (κ2) is 6.40. The lowest BCUT2D eigenvalue weighted by Gasteiger charge is -2.12. The molecule has 0 atom stereocenters. The Balaban J connectivity index is 1.78. The second-order valence-corrected chi connectivity index (χ2v) is 7.19. The van der Waals surface area contributed by atoms with E-state index in [0.717, 1.165) is 34.4 Å². The van der Waals surface area contributed by atoms with Gasteiger partial charge < -0.3 is 4.74 Å². The molecular weight excluding hydrogens is 320 g/mol. The third-order valence-corrected chi connectivity index (χ3v) is 5.75. The van der Waals surface area contributed by atoms with Gasteiger partial charge in [-0.2, -0.15) is 0 Å². The summed E-state index contributed by atoms with van der Waals surface area (Å²) in [5.74, 6) is 0.833. The summed E-state index contributed by atoms with van der Waals surface area (Å²) in [5, 5.41) is 0.839. The van der Waals surface area contributed by atoms with E-state index in [2.05, 4.69) is 4.98 Å². The van der Waals surface area contributed by atoms with Crippen molar-refractivity contribution in [2.24, 2.45) is 0 Å². The third kappa shape index (κ3) is 2.63. The monoisotopic (exact) mass is 340 g/mol. The van der Waals surface area contributed by atoms with E-state index < -0.39 is 0 Å². The van der Waals surface area contributed by atoms with Gasteiger partial charge in [0.05, 0.1) is 24.9 Å². The summed E-state index contributed by atoms with van der Waals surface area (Å²) < 4.78 is 7.39. The van der Waals surface area contributed by atoms with Crippen LogP contribution >= 0.6 is 11.3 Å². The minimum Gasteiger partial charge on any atom is -0.494 e. The molecule has 4 nitrogen and oxygen atoms in total. The van der Waals surface area contributed by atoms with Crippen LogP contribution in [0, 0.1) is 0 Å². The van der Waals surface area contributed by atoms with Crippen molar-refractivity contribution in [1.29, 1.82) is 0 Å². The Bertz CT molecular complexity index is 942. The van der Waals surface area contributed by atoms with Crippen LogP contribution in [0.15, 0.2) is 35.4 Å². The fourth-order valence-electron chi connectivity index (χ4n) is 3.41. The largest absolute Gasteiger partial charge is 0.494 e. The van der Waals surface area contributed by atoms with Gasteiger partial charge in [0.2, 0.25) is 0 Å². The molecule has 124 valence electrons. The topological polar surface area (TPSA) is 44.1 Å². The molecule has 2 heterocycles. The molecule has 1 aliphatic rings. The highest BCUT2D eigenvalue weighted by molar-refractivity contribution is 7.18. The molecule has 3 aromatic rings. The molecule has 0 aliphatic heterocycles.